The van der Waals surface area contributed by atoms with E-state index in [0.29, 0.717) is 37.5 Å². The van der Waals surface area contributed by atoms with Gasteiger partial charge in [0.2, 0.25) is 0 Å². The molecule has 0 aliphatic carbocycles. The molecule has 5 unspecified atom stereocenters. The minimum absolute atomic E-state index is 0.0387. The summed E-state index contributed by atoms with van der Waals surface area (Å²) in [6.07, 6.45) is 18.2. The molecule has 5 atom stereocenters. The maximum atomic E-state index is 12.2. The van der Waals surface area contributed by atoms with Crippen molar-refractivity contribution < 1.29 is 20.1 Å². The zero-order valence-corrected chi connectivity index (χ0v) is 26.3. The molecular formula is C32H68N4O4. The van der Waals surface area contributed by atoms with Crippen LogP contribution in [0, 0.1) is 11.8 Å². The number of nitrogens with one attached hydrogen (secondary N) is 2. The zero-order valence-electron chi connectivity index (χ0n) is 26.3. The highest BCUT2D eigenvalue weighted by Gasteiger charge is 2.21. The molecule has 40 heavy (non-hydrogen) atoms. The van der Waals surface area contributed by atoms with E-state index in [-0.39, 0.29) is 12.0 Å². The fourth-order valence-corrected chi connectivity index (χ4v) is 5.39. The topological polar surface area (TPSA) is 154 Å². The standard InChI is InChI=1S/C32H68N4O4/c1-27(17-11-13-21-33)25-30(38)19-9-5-4-8-16-24-36-32(40)29(18-12-14-22-34)26-31(39)20-10-6-3-7-15-23-35-28(2)37/h27-29,31-32,35-37,39-40H,3-26,33-34H2,1-2H3. The van der Waals surface area contributed by atoms with Crippen LogP contribution in [0.1, 0.15) is 142 Å². The molecule has 0 rings (SSSR count). The summed E-state index contributed by atoms with van der Waals surface area (Å²) in [5.41, 5.74) is 11.2. The third kappa shape index (κ3) is 26.3. The molecule has 0 aliphatic heterocycles. The van der Waals surface area contributed by atoms with Gasteiger partial charge in [0.25, 0.3) is 0 Å². The van der Waals surface area contributed by atoms with Crippen LogP contribution in [0.2, 0.25) is 0 Å². The maximum absolute atomic E-state index is 12.2. The first-order chi connectivity index (χ1) is 19.3. The van der Waals surface area contributed by atoms with Gasteiger partial charge in [0, 0.05) is 18.8 Å². The van der Waals surface area contributed by atoms with Gasteiger partial charge in [-0.1, -0.05) is 71.1 Å². The van der Waals surface area contributed by atoms with Crippen molar-refractivity contribution in [3.63, 3.8) is 0 Å². The fraction of sp³-hybridized carbons (Fsp3) is 0.969. The van der Waals surface area contributed by atoms with Crippen LogP contribution in [-0.2, 0) is 4.79 Å². The molecule has 0 saturated heterocycles. The second kappa shape index (κ2) is 28.5. The summed E-state index contributed by atoms with van der Waals surface area (Å²) in [4.78, 5) is 12.2. The van der Waals surface area contributed by atoms with E-state index in [2.05, 4.69) is 17.6 Å². The van der Waals surface area contributed by atoms with E-state index in [1.807, 2.05) is 0 Å². The lowest BCUT2D eigenvalue weighted by atomic mass is 9.91. The average Bonchev–Trinajstić information content (AvgIpc) is 2.91. The van der Waals surface area contributed by atoms with Crippen molar-refractivity contribution in [3.05, 3.63) is 0 Å². The summed E-state index contributed by atoms with van der Waals surface area (Å²) < 4.78 is 0. The summed E-state index contributed by atoms with van der Waals surface area (Å²) in [5, 5.41) is 37.0. The summed E-state index contributed by atoms with van der Waals surface area (Å²) in [6.45, 7) is 6.91. The second-order valence-electron chi connectivity index (χ2n) is 12.2. The molecule has 9 N–H and O–H groups in total. The quantitative estimate of drug-likeness (QED) is 0.0465. The Morgan fingerprint density at radius 2 is 1.18 bits per heavy atom. The van der Waals surface area contributed by atoms with Gasteiger partial charge in [-0.05, 0) is 90.4 Å². The lowest BCUT2D eigenvalue weighted by Crippen LogP contribution is -2.38. The average molecular weight is 573 g/mol. The molecule has 0 aromatic heterocycles. The number of nitrogens with two attached hydrogens (primary N) is 2. The number of hydrogen-bond acceptors (Lipinski definition) is 8. The third-order valence-corrected chi connectivity index (χ3v) is 7.92. The molecule has 0 amide bonds. The number of hydrogen-bond donors (Lipinski definition) is 7. The number of aliphatic hydroxyl groups is 3. The highest BCUT2D eigenvalue weighted by Crippen LogP contribution is 2.21. The molecular weight excluding hydrogens is 504 g/mol. The van der Waals surface area contributed by atoms with Crippen molar-refractivity contribution in [3.8, 4) is 0 Å². The Balaban J connectivity index is 4.01. The highest BCUT2D eigenvalue weighted by molar-refractivity contribution is 5.78. The second-order valence-corrected chi connectivity index (χ2v) is 12.2. The molecule has 0 saturated carbocycles. The van der Waals surface area contributed by atoms with Crippen LogP contribution >= 0.6 is 0 Å². The van der Waals surface area contributed by atoms with Crippen LogP contribution < -0.4 is 22.1 Å². The van der Waals surface area contributed by atoms with Crippen molar-refractivity contribution in [2.24, 2.45) is 23.3 Å². The van der Waals surface area contributed by atoms with Crippen molar-refractivity contribution in [1.82, 2.24) is 10.6 Å². The Bertz CT molecular complexity index is 553. The van der Waals surface area contributed by atoms with Crippen molar-refractivity contribution >= 4 is 5.78 Å². The summed E-state index contributed by atoms with van der Waals surface area (Å²) in [5.74, 6) is 0.906. The van der Waals surface area contributed by atoms with E-state index >= 15 is 0 Å². The normalized spacial score (nSPS) is 15.6. The highest BCUT2D eigenvalue weighted by atomic mass is 16.3. The van der Waals surface area contributed by atoms with Gasteiger partial charge in [0.15, 0.2) is 0 Å². The van der Waals surface area contributed by atoms with Crippen molar-refractivity contribution in [2.45, 2.75) is 161 Å². The van der Waals surface area contributed by atoms with Crippen LogP contribution in [0.4, 0.5) is 0 Å². The van der Waals surface area contributed by atoms with Crippen LogP contribution in [0.15, 0.2) is 0 Å². The monoisotopic (exact) mass is 573 g/mol. The van der Waals surface area contributed by atoms with Crippen LogP contribution in [0.5, 0.6) is 0 Å². The Hall–Kier alpha value is -0.610. The molecule has 8 heteroatoms. The number of ketones is 1. The molecule has 0 aromatic rings. The third-order valence-electron chi connectivity index (χ3n) is 7.92. The Kier molecular flexibility index (Phi) is 28.1. The smallest absolute Gasteiger partial charge is 0.133 e. The maximum Gasteiger partial charge on any atom is 0.133 e. The molecule has 0 radical (unpaired) electrons. The minimum Gasteiger partial charge on any atom is -0.393 e. The lowest BCUT2D eigenvalue weighted by Gasteiger charge is -2.26. The van der Waals surface area contributed by atoms with Crippen LogP contribution in [-0.4, -0.2) is 65.8 Å². The summed E-state index contributed by atoms with van der Waals surface area (Å²) in [7, 11) is 0. The van der Waals surface area contributed by atoms with E-state index < -0.39 is 12.5 Å². The van der Waals surface area contributed by atoms with Crippen LogP contribution in [0.25, 0.3) is 0 Å². The lowest BCUT2D eigenvalue weighted by molar-refractivity contribution is -0.120. The number of carbonyl (C=O) groups excluding carboxylic acids is 1. The van der Waals surface area contributed by atoms with E-state index in [1.54, 1.807) is 6.92 Å². The number of aliphatic hydroxyl groups excluding tert-OH is 3. The van der Waals surface area contributed by atoms with Gasteiger partial charge in [-0.15, -0.1) is 0 Å². The van der Waals surface area contributed by atoms with Gasteiger partial charge in [0.05, 0.1) is 6.10 Å². The molecule has 8 nitrogen and oxygen atoms in total. The number of Topliss-reactive ketones (excluding diaryl/α,β-unsaturated/α-hetero) is 1. The predicted octanol–water partition coefficient (Wildman–Crippen LogP) is 4.72. The van der Waals surface area contributed by atoms with Crippen LogP contribution in [0.3, 0.4) is 0 Å². The van der Waals surface area contributed by atoms with Gasteiger partial charge in [-0.2, -0.15) is 0 Å². The Morgan fingerprint density at radius 1 is 0.650 bits per heavy atom. The Labute approximate surface area is 246 Å². The first kappa shape index (κ1) is 39.4. The summed E-state index contributed by atoms with van der Waals surface area (Å²) in [6, 6.07) is 0. The zero-order chi connectivity index (χ0) is 29.8. The van der Waals surface area contributed by atoms with E-state index in [4.69, 9.17) is 11.5 Å². The fourth-order valence-electron chi connectivity index (χ4n) is 5.39. The van der Waals surface area contributed by atoms with Gasteiger partial charge < -0.3 is 26.8 Å². The molecule has 0 fully saturated rings. The van der Waals surface area contributed by atoms with Gasteiger partial charge in [-0.25, -0.2) is 0 Å². The Morgan fingerprint density at radius 3 is 1.80 bits per heavy atom. The number of rotatable bonds is 31. The number of carbonyl (C=O) groups is 1. The minimum atomic E-state index is -0.599. The molecule has 0 heterocycles. The van der Waals surface area contributed by atoms with Gasteiger partial charge in [0.1, 0.15) is 18.2 Å². The van der Waals surface area contributed by atoms with Gasteiger partial charge in [-0.3, -0.25) is 15.4 Å². The molecule has 0 aromatic carbocycles. The first-order valence-corrected chi connectivity index (χ1v) is 16.7. The largest absolute Gasteiger partial charge is 0.393 e. The van der Waals surface area contributed by atoms with E-state index in [1.165, 1.54) is 0 Å². The number of unbranched alkanes of at least 4 members (excludes halogenated alkanes) is 10. The molecule has 0 bridgehead atoms. The molecule has 0 spiro atoms. The summed E-state index contributed by atoms with van der Waals surface area (Å²) >= 11 is 0. The molecule has 0 aliphatic rings. The molecule has 240 valence electrons. The SMILES string of the molecule is CC(CCCCN)CC(=O)CCCCCCCNC(O)C(CCCCN)CC(O)CCCCCCCNC(C)O. The van der Waals surface area contributed by atoms with E-state index in [0.717, 1.165) is 129 Å². The van der Waals surface area contributed by atoms with E-state index in [9.17, 15) is 20.1 Å². The van der Waals surface area contributed by atoms with Gasteiger partial charge >= 0.3 is 0 Å². The first-order valence-electron chi connectivity index (χ1n) is 16.7. The predicted molar refractivity (Wildman–Crippen MR) is 168 cm³/mol. The van der Waals surface area contributed by atoms with Crippen molar-refractivity contribution in [2.75, 3.05) is 26.2 Å². The van der Waals surface area contributed by atoms with Crippen molar-refractivity contribution in [1.29, 1.82) is 0 Å².